The van der Waals surface area contributed by atoms with Crippen molar-refractivity contribution in [3.8, 4) is 0 Å². The van der Waals surface area contributed by atoms with Crippen LogP contribution in [0.1, 0.15) is 48.9 Å². The summed E-state index contributed by atoms with van der Waals surface area (Å²) >= 11 is 0. The molecule has 3 aromatic rings. The van der Waals surface area contributed by atoms with Crippen LogP contribution in [0.2, 0.25) is 0 Å². The minimum absolute atomic E-state index is 0.120. The maximum absolute atomic E-state index is 13.5. The van der Waals surface area contributed by atoms with E-state index in [0.717, 1.165) is 41.4 Å². The molecule has 1 atom stereocenters. The lowest BCUT2D eigenvalue weighted by atomic mass is 9.98. The number of hydrogen-bond acceptors (Lipinski definition) is 3. The molecular weight excluding hydrogens is 434 g/mol. The zero-order chi connectivity index (χ0) is 23.0. The summed E-state index contributed by atoms with van der Waals surface area (Å²) < 4.78 is 28.6. The Balaban J connectivity index is 1.36. The smallest absolute Gasteiger partial charge is 0.243 e. The van der Waals surface area contributed by atoms with E-state index in [9.17, 15) is 13.2 Å². The number of anilines is 1. The first-order chi connectivity index (χ1) is 15.9. The minimum atomic E-state index is -3.67. The van der Waals surface area contributed by atoms with Gasteiger partial charge in [-0.2, -0.15) is 4.31 Å². The molecule has 7 heteroatoms. The monoisotopic (exact) mass is 465 g/mol. The van der Waals surface area contributed by atoms with E-state index in [-0.39, 0.29) is 18.4 Å². The summed E-state index contributed by atoms with van der Waals surface area (Å²) in [4.78, 5) is 16.7. The number of nitrogens with one attached hydrogen (secondary N) is 2. The third kappa shape index (κ3) is 4.44. The van der Waals surface area contributed by atoms with Gasteiger partial charge in [-0.1, -0.05) is 24.1 Å². The first-order valence-corrected chi connectivity index (χ1v) is 13.4. The molecule has 0 spiro atoms. The van der Waals surface area contributed by atoms with E-state index < -0.39 is 10.0 Å². The molecule has 0 unspecified atom stereocenters. The molecule has 1 aliphatic carbocycles. The van der Waals surface area contributed by atoms with Crippen molar-refractivity contribution in [1.29, 1.82) is 0 Å². The zero-order valence-corrected chi connectivity index (χ0v) is 19.9. The molecule has 2 N–H and O–H groups in total. The lowest BCUT2D eigenvalue weighted by Crippen LogP contribution is -2.43. The molecule has 174 valence electrons. The number of H-pyrrole nitrogens is 1. The normalized spacial score (nSPS) is 19.7. The van der Waals surface area contributed by atoms with Crippen LogP contribution in [-0.2, 0) is 27.7 Å². The average Bonchev–Trinajstić information content (AvgIpc) is 3.00. The number of sulfonamides is 1. The van der Waals surface area contributed by atoms with Gasteiger partial charge in [-0.05, 0) is 81.3 Å². The lowest BCUT2D eigenvalue weighted by molar-refractivity contribution is -0.120. The van der Waals surface area contributed by atoms with Crippen molar-refractivity contribution in [2.24, 2.45) is 5.92 Å². The topological polar surface area (TPSA) is 82.3 Å². The van der Waals surface area contributed by atoms with Crippen molar-refractivity contribution in [3.05, 3.63) is 59.3 Å². The lowest BCUT2D eigenvalue weighted by Gasteiger charge is -2.31. The number of aryl methyl sites for hydroxylation is 3. The van der Waals surface area contributed by atoms with E-state index >= 15 is 0 Å². The average molecular weight is 466 g/mol. The van der Waals surface area contributed by atoms with E-state index in [1.165, 1.54) is 28.4 Å². The number of aromatic amines is 1. The Morgan fingerprint density at radius 2 is 1.82 bits per heavy atom. The Labute approximate surface area is 195 Å². The van der Waals surface area contributed by atoms with Gasteiger partial charge < -0.3 is 10.3 Å². The highest BCUT2D eigenvalue weighted by atomic mass is 32.2. The number of amides is 1. The van der Waals surface area contributed by atoms with Crippen molar-refractivity contribution in [2.75, 3.05) is 18.4 Å². The largest absolute Gasteiger partial charge is 0.358 e. The molecule has 1 aromatic heterocycles. The molecule has 6 nitrogen and oxygen atoms in total. The van der Waals surface area contributed by atoms with Gasteiger partial charge in [0.25, 0.3) is 0 Å². The highest BCUT2D eigenvalue weighted by molar-refractivity contribution is 7.89. The van der Waals surface area contributed by atoms with Gasteiger partial charge in [0.05, 0.1) is 10.8 Å². The van der Waals surface area contributed by atoms with Gasteiger partial charge in [0.15, 0.2) is 0 Å². The van der Waals surface area contributed by atoms with Crippen LogP contribution in [0.4, 0.5) is 5.69 Å². The SMILES string of the molecule is Cc1ccc(NC(=O)[C@@H]2CCCN(S(=O)(=O)c3ccc4[nH]c5c(c4c3)CCCCC5)C2)cc1. The molecule has 0 bridgehead atoms. The van der Waals surface area contributed by atoms with Crippen LogP contribution in [0, 0.1) is 12.8 Å². The number of rotatable bonds is 4. The van der Waals surface area contributed by atoms with E-state index in [4.69, 9.17) is 0 Å². The molecule has 1 fully saturated rings. The predicted octanol–water partition coefficient (Wildman–Crippen LogP) is 4.78. The van der Waals surface area contributed by atoms with Gasteiger partial charge in [-0.15, -0.1) is 0 Å². The Hall–Kier alpha value is -2.64. The number of hydrogen-bond donors (Lipinski definition) is 2. The molecule has 0 saturated carbocycles. The van der Waals surface area contributed by atoms with Crippen LogP contribution in [0.5, 0.6) is 0 Å². The third-order valence-electron chi connectivity index (χ3n) is 7.03. The summed E-state index contributed by atoms with van der Waals surface area (Å²) in [6.45, 7) is 2.65. The second-order valence-electron chi connectivity index (χ2n) is 9.41. The van der Waals surface area contributed by atoms with Gasteiger partial charge in [0, 0.05) is 35.4 Å². The number of carbonyl (C=O) groups excluding carboxylic acids is 1. The van der Waals surface area contributed by atoms with Crippen LogP contribution in [-0.4, -0.2) is 36.7 Å². The highest BCUT2D eigenvalue weighted by Crippen LogP contribution is 2.32. The number of piperidine rings is 1. The molecule has 0 radical (unpaired) electrons. The van der Waals surface area contributed by atoms with E-state index in [0.29, 0.717) is 24.3 Å². The van der Waals surface area contributed by atoms with Crippen molar-refractivity contribution < 1.29 is 13.2 Å². The maximum atomic E-state index is 13.5. The third-order valence-corrected chi connectivity index (χ3v) is 8.89. The van der Waals surface area contributed by atoms with E-state index in [2.05, 4.69) is 10.3 Å². The number of nitrogens with zero attached hydrogens (tertiary/aromatic N) is 1. The minimum Gasteiger partial charge on any atom is -0.358 e. The Morgan fingerprint density at radius 3 is 2.64 bits per heavy atom. The molecule has 2 aromatic carbocycles. The summed E-state index contributed by atoms with van der Waals surface area (Å²) in [6, 6.07) is 13.1. The molecule has 5 rings (SSSR count). The van der Waals surface area contributed by atoms with Gasteiger partial charge in [0.1, 0.15) is 0 Å². The van der Waals surface area contributed by atoms with E-state index in [1.54, 1.807) is 6.07 Å². The van der Waals surface area contributed by atoms with Crippen molar-refractivity contribution in [1.82, 2.24) is 9.29 Å². The Bertz CT molecular complexity index is 1280. The van der Waals surface area contributed by atoms with E-state index in [1.807, 2.05) is 43.3 Å². The Morgan fingerprint density at radius 1 is 1.03 bits per heavy atom. The first-order valence-electron chi connectivity index (χ1n) is 11.9. The van der Waals surface area contributed by atoms with Crippen LogP contribution < -0.4 is 5.32 Å². The number of benzene rings is 2. The maximum Gasteiger partial charge on any atom is 0.243 e. The standard InChI is InChI=1S/C26H31N3O3S/c1-18-9-11-20(12-10-18)27-26(30)19-6-5-15-29(17-19)33(31,32)21-13-14-25-23(16-21)22-7-3-2-4-8-24(22)28-25/h9-14,16,19,28H,2-8,15,17H2,1H3,(H,27,30)/t19-/m1/s1. The molecular formula is C26H31N3O3S. The predicted molar refractivity (Wildman–Crippen MR) is 131 cm³/mol. The quantitative estimate of drug-likeness (QED) is 0.544. The molecule has 1 aliphatic heterocycles. The molecule has 2 aliphatic rings. The summed E-state index contributed by atoms with van der Waals surface area (Å²) in [5, 5.41) is 3.97. The van der Waals surface area contributed by atoms with Crippen molar-refractivity contribution in [2.45, 2.75) is 56.8 Å². The molecule has 1 saturated heterocycles. The van der Waals surface area contributed by atoms with Gasteiger partial charge in [-0.25, -0.2) is 8.42 Å². The molecule has 33 heavy (non-hydrogen) atoms. The number of carbonyl (C=O) groups is 1. The summed E-state index contributed by atoms with van der Waals surface area (Å²) in [7, 11) is -3.67. The van der Waals surface area contributed by atoms with Crippen molar-refractivity contribution >= 4 is 32.5 Å². The van der Waals surface area contributed by atoms with Crippen LogP contribution >= 0.6 is 0 Å². The second-order valence-corrected chi connectivity index (χ2v) is 11.3. The molecule has 1 amide bonds. The number of aromatic nitrogens is 1. The van der Waals surface area contributed by atoms with Crippen molar-refractivity contribution in [3.63, 3.8) is 0 Å². The second kappa shape index (κ2) is 8.95. The van der Waals surface area contributed by atoms with Crippen LogP contribution in [0.25, 0.3) is 10.9 Å². The van der Waals surface area contributed by atoms with Crippen LogP contribution in [0.3, 0.4) is 0 Å². The van der Waals surface area contributed by atoms with Gasteiger partial charge in [-0.3, -0.25) is 4.79 Å². The van der Waals surface area contributed by atoms with Gasteiger partial charge >= 0.3 is 0 Å². The fourth-order valence-electron chi connectivity index (χ4n) is 5.13. The summed E-state index contributed by atoms with van der Waals surface area (Å²) in [6.07, 6.45) is 6.90. The zero-order valence-electron chi connectivity index (χ0n) is 19.1. The summed E-state index contributed by atoms with van der Waals surface area (Å²) in [5.74, 6) is -0.479. The summed E-state index contributed by atoms with van der Waals surface area (Å²) in [5.41, 5.74) is 5.40. The number of fused-ring (bicyclic) bond motifs is 3. The first kappa shape index (κ1) is 22.2. The highest BCUT2D eigenvalue weighted by Gasteiger charge is 2.33. The Kier molecular flexibility index (Phi) is 6.01. The fraction of sp³-hybridized carbons (Fsp3) is 0.423. The molecule has 2 heterocycles. The fourth-order valence-corrected chi connectivity index (χ4v) is 6.68. The van der Waals surface area contributed by atoms with Crippen LogP contribution in [0.15, 0.2) is 47.4 Å². The van der Waals surface area contributed by atoms with Gasteiger partial charge in [0.2, 0.25) is 15.9 Å².